The number of allylic oxidation sites excluding steroid dienone is 1. The third-order valence-electron chi connectivity index (χ3n) is 5.87. The molecule has 0 N–H and O–H groups in total. The summed E-state index contributed by atoms with van der Waals surface area (Å²) in [5.74, 6) is 1.13. The van der Waals surface area contributed by atoms with Gasteiger partial charge in [-0.2, -0.15) is 0 Å². The summed E-state index contributed by atoms with van der Waals surface area (Å²) < 4.78 is 13.4. The summed E-state index contributed by atoms with van der Waals surface area (Å²) in [5, 5.41) is 0. The van der Waals surface area contributed by atoms with Gasteiger partial charge >= 0.3 is 0 Å². The highest BCUT2D eigenvalue weighted by atomic mass is 79.9. The lowest BCUT2D eigenvalue weighted by Crippen LogP contribution is -2.27. The van der Waals surface area contributed by atoms with Crippen LogP contribution in [0.15, 0.2) is 76.6 Å². The Labute approximate surface area is 230 Å². The standard InChI is InChI=1S/C29H26BrNO3S2/c1-5-6-22-14-21(15-25(33-4)27(22)34-17-20-8-10-23(30)11-9-20)16-26-28(32)31(29(35)36-26)24-12-7-18(2)19(3)13-24/h5,7-16H,1,6,17H2,2-4H3/b26-16-. The highest BCUT2D eigenvalue weighted by Crippen LogP contribution is 2.39. The van der Waals surface area contributed by atoms with Crippen LogP contribution in [0.1, 0.15) is 27.8 Å². The molecular formula is C29H26BrNO3S2. The number of ether oxygens (including phenoxy) is 2. The number of methoxy groups -OCH3 is 1. The molecule has 1 fully saturated rings. The molecule has 184 valence electrons. The van der Waals surface area contributed by atoms with Crippen molar-refractivity contribution in [1.29, 1.82) is 0 Å². The van der Waals surface area contributed by atoms with E-state index in [1.54, 1.807) is 12.0 Å². The molecule has 0 aliphatic carbocycles. The predicted molar refractivity (Wildman–Crippen MR) is 157 cm³/mol. The fourth-order valence-corrected chi connectivity index (χ4v) is 5.40. The summed E-state index contributed by atoms with van der Waals surface area (Å²) in [6, 6.07) is 17.8. The zero-order valence-corrected chi connectivity index (χ0v) is 23.6. The molecule has 0 atom stereocenters. The first-order valence-corrected chi connectivity index (χ1v) is 13.4. The minimum atomic E-state index is -0.131. The number of hydrogen-bond donors (Lipinski definition) is 0. The molecule has 0 bridgehead atoms. The third-order valence-corrected chi connectivity index (χ3v) is 7.71. The Hall–Kier alpha value is -2.87. The Morgan fingerprint density at radius 2 is 1.83 bits per heavy atom. The number of rotatable bonds is 8. The van der Waals surface area contributed by atoms with Crippen LogP contribution in [-0.4, -0.2) is 17.3 Å². The van der Waals surface area contributed by atoms with Crippen molar-refractivity contribution in [3.63, 3.8) is 0 Å². The second-order valence-electron chi connectivity index (χ2n) is 8.41. The Morgan fingerprint density at radius 3 is 2.50 bits per heavy atom. The Bertz CT molecular complexity index is 1370. The lowest BCUT2D eigenvalue weighted by Gasteiger charge is -2.16. The van der Waals surface area contributed by atoms with E-state index in [2.05, 4.69) is 22.5 Å². The van der Waals surface area contributed by atoms with Crippen LogP contribution in [-0.2, 0) is 17.8 Å². The van der Waals surface area contributed by atoms with E-state index in [0.717, 1.165) is 32.4 Å². The van der Waals surface area contributed by atoms with Crippen molar-refractivity contribution in [1.82, 2.24) is 0 Å². The van der Waals surface area contributed by atoms with Crippen molar-refractivity contribution in [2.24, 2.45) is 0 Å². The molecule has 1 saturated heterocycles. The summed E-state index contributed by atoms with van der Waals surface area (Å²) in [6.45, 7) is 8.37. The lowest BCUT2D eigenvalue weighted by molar-refractivity contribution is -0.113. The number of thioether (sulfide) groups is 1. The maximum Gasteiger partial charge on any atom is 0.270 e. The highest BCUT2D eigenvalue weighted by molar-refractivity contribution is 9.10. The van der Waals surface area contributed by atoms with Gasteiger partial charge in [-0.3, -0.25) is 9.69 Å². The van der Waals surface area contributed by atoms with E-state index < -0.39 is 0 Å². The third kappa shape index (κ3) is 5.75. The first-order valence-electron chi connectivity index (χ1n) is 11.3. The number of aryl methyl sites for hydroxylation is 2. The number of thiocarbonyl (C=S) groups is 1. The van der Waals surface area contributed by atoms with Crippen LogP contribution < -0.4 is 14.4 Å². The number of carbonyl (C=O) groups excluding carboxylic acids is 1. The normalized spacial score (nSPS) is 14.4. The molecule has 1 heterocycles. The van der Waals surface area contributed by atoms with Crippen LogP contribution in [0.4, 0.5) is 5.69 Å². The average Bonchev–Trinajstić information content (AvgIpc) is 3.13. The van der Waals surface area contributed by atoms with Crippen LogP contribution >= 0.6 is 39.9 Å². The Balaban J connectivity index is 1.64. The fraction of sp³-hybridized carbons (Fsp3) is 0.172. The number of benzene rings is 3. The van der Waals surface area contributed by atoms with Crippen molar-refractivity contribution in [2.75, 3.05) is 12.0 Å². The van der Waals surface area contributed by atoms with Crippen LogP contribution in [0.5, 0.6) is 11.5 Å². The number of anilines is 1. The highest BCUT2D eigenvalue weighted by Gasteiger charge is 2.33. The smallest absolute Gasteiger partial charge is 0.270 e. The number of hydrogen-bond acceptors (Lipinski definition) is 5. The van der Waals surface area contributed by atoms with Gasteiger partial charge < -0.3 is 9.47 Å². The van der Waals surface area contributed by atoms with Gasteiger partial charge in [0.05, 0.1) is 17.7 Å². The van der Waals surface area contributed by atoms with E-state index in [-0.39, 0.29) is 5.91 Å². The Morgan fingerprint density at radius 1 is 1.08 bits per heavy atom. The summed E-state index contributed by atoms with van der Waals surface area (Å²) >= 11 is 10.3. The van der Waals surface area contributed by atoms with Crippen molar-refractivity contribution in [2.45, 2.75) is 26.9 Å². The molecule has 1 aliphatic heterocycles. The predicted octanol–water partition coefficient (Wildman–Crippen LogP) is 7.79. The largest absolute Gasteiger partial charge is 0.493 e. The molecule has 36 heavy (non-hydrogen) atoms. The van der Waals surface area contributed by atoms with E-state index >= 15 is 0 Å². The molecule has 3 aromatic rings. The van der Waals surface area contributed by atoms with Gasteiger partial charge in [-0.1, -0.05) is 64.2 Å². The first kappa shape index (κ1) is 26.2. The minimum Gasteiger partial charge on any atom is -0.493 e. The van der Waals surface area contributed by atoms with Gasteiger partial charge in [-0.15, -0.1) is 6.58 Å². The van der Waals surface area contributed by atoms with Crippen LogP contribution in [0.25, 0.3) is 6.08 Å². The monoisotopic (exact) mass is 579 g/mol. The maximum atomic E-state index is 13.3. The van der Waals surface area contributed by atoms with Gasteiger partial charge in [-0.25, -0.2) is 0 Å². The zero-order chi connectivity index (χ0) is 25.8. The van der Waals surface area contributed by atoms with Crippen molar-refractivity contribution >= 4 is 61.9 Å². The van der Waals surface area contributed by atoms with E-state index in [4.69, 9.17) is 21.7 Å². The second kappa shape index (κ2) is 11.5. The molecule has 0 unspecified atom stereocenters. The molecule has 3 aromatic carbocycles. The molecule has 7 heteroatoms. The number of halogens is 1. The second-order valence-corrected chi connectivity index (χ2v) is 11.0. The van der Waals surface area contributed by atoms with Crippen LogP contribution in [0.2, 0.25) is 0 Å². The van der Waals surface area contributed by atoms with Gasteiger partial charge in [0.2, 0.25) is 0 Å². The van der Waals surface area contributed by atoms with Crippen molar-refractivity contribution in [3.8, 4) is 11.5 Å². The van der Waals surface area contributed by atoms with Crippen LogP contribution in [0.3, 0.4) is 0 Å². The summed E-state index contributed by atoms with van der Waals surface area (Å²) in [4.78, 5) is 15.5. The minimum absolute atomic E-state index is 0.131. The van der Waals surface area contributed by atoms with E-state index in [1.165, 1.54) is 17.3 Å². The number of nitrogens with zero attached hydrogens (tertiary/aromatic N) is 1. The van der Waals surface area contributed by atoms with Gasteiger partial charge in [0, 0.05) is 10.0 Å². The van der Waals surface area contributed by atoms with E-state index in [1.807, 2.05) is 80.6 Å². The molecule has 0 radical (unpaired) electrons. The average molecular weight is 581 g/mol. The Kier molecular flexibility index (Phi) is 8.34. The van der Waals surface area contributed by atoms with Gasteiger partial charge in [0.15, 0.2) is 15.8 Å². The quantitative estimate of drug-likeness (QED) is 0.155. The number of amides is 1. The molecule has 0 aromatic heterocycles. The maximum absolute atomic E-state index is 13.3. The van der Waals surface area contributed by atoms with Gasteiger partial charge in [0.25, 0.3) is 5.91 Å². The van der Waals surface area contributed by atoms with Crippen LogP contribution in [0, 0.1) is 13.8 Å². The molecule has 0 spiro atoms. The van der Waals surface area contributed by atoms with Crippen molar-refractivity contribution in [3.05, 3.63) is 104 Å². The van der Waals surface area contributed by atoms with Crippen molar-refractivity contribution < 1.29 is 14.3 Å². The summed E-state index contributed by atoms with van der Waals surface area (Å²) in [5.41, 5.74) is 5.87. The van der Waals surface area contributed by atoms with Gasteiger partial charge in [-0.05, 0) is 85.0 Å². The molecule has 4 nitrogen and oxygen atoms in total. The van der Waals surface area contributed by atoms with E-state index in [0.29, 0.717) is 33.8 Å². The first-order chi connectivity index (χ1) is 17.3. The molecular weight excluding hydrogens is 554 g/mol. The van der Waals surface area contributed by atoms with E-state index in [9.17, 15) is 4.79 Å². The zero-order valence-electron chi connectivity index (χ0n) is 20.3. The molecule has 1 amide bonds. The van der Waals surface area contributed by atoms with Gasteiger partial charge in [0.1, 0.15) is 6.61 Å². The molecule has 1 aliphatic rings. The fourth-order valence-electron chi connectivity index (χ4n) is 3.83. The molecule has 0 saturated carbocycles. The number of carbonyl (C=O) groups is 1. The SMILES string of the molecule is C=CCc1cc(/C=C2\SC(=S)N(c3ccc(C)c(C)c3)C2=O)cc(OC)c1OCc1ccc(Br)cc1. The lowest BCUT2D eigenvalue weighted by atomic mass is 10.0. The topological polar surface area (TPSA) is 38.8 Å². The summed E-state index contributed by atoms with van der Waals surface area (Å²) in [7, 11) is 1.61. The summed E-state index contributed by atoms with van der Waals surface area (Å²) in [6.07, 6.45) is 4.27. The molecule has 4 rings (SSSR count).